The first-order valence-corrected chi connectivity index (χ1v) is 7.73. The number of pyridine rings is 1. The highest BCUT2D eigenvalue weighted by molar-refractivity contribution is 5.17. The largest absolute Gasteiger partial charge is 0.618 e. The molecule has 1 aliphatic heterocycles. The van der Waals surface area contributed by atoms with Crippen LogP contribution in [0.4, 0.5) is 0 Å². The standard InChI is InChI=1S/C16H24N2O2/c17-10-8-15(14-5-1-4-11-18(14)19)9-12-20-16(13-15)6-2-3-7-16/h1,4-5,11H,2-3,6-10,12-13,17H2/t15-/m1/s1. The summed E-state index contributed by atoms with van der Waals surface area (Å²) in [5, 5.41) is 12.2. The predicted molar refractivity (Wildman–Crippen MR) is 77.1 cm³/mol. The summed E-state index contributed by atoms with van der Waals surface area (Å²) in [5.41, 5.74) is 6.63. The molecule has 0 unspecified atom stereocenters. The third-order valence-electron chi connectivity index (χ3n) is 5.15. The van der Waals surface area contributed by atoms with Gasteiger partial charge in [-0.05, 0) is 44.7 Å². The number of rotatable bonds is 3. The van der Waals surface area contributed by atoms with Gasteiger partial charge < -0.3 is 15.7 Å². The van der Waals surface area contributed by atoms with E-state index in [0.717, 1.165) is 49.1 Å². The van der Waals surface area contributed by atoms with Crippen molar-refractivity contribution in [1.82, 2.24) is 0 Å². The van der Waals surface area contributed by atoms with Crippen molar-refractivity contribution in [3.05, 3.63) is 35.3 Å². The van der Waals surface area contributed by atoms with Gasteiger partial charge in [0, 0.05) is 18.7 Å². The Morgan fingerprint density at radius 2 is 2.05 bits per heavy atom. The van der Waals surface area contributed by atoms with E-state index in [1.165, 1.54) is 12.8 Å². The maximum absolute atomic E-state index is 12.2. The highest BCUT2D eigenvalue weighted by Crippen LogP contribution is 2.49. The summed E-state index contributed by atoms with van der Waals surface area (Å²) in [4.78, 5) is 0. The first-order valence-electron chi connectivity index (χ1n) is 7.73. The van der Waals surface area contributed by atoms with Crippen molar-refractivity contribution >= 4 is 0 Å². The van der Waals surface area contributed by atoms with E-state index >= 15 is 0 Å². The molecule has 2 heterocycles. The molecule has 0 amide bonds. The van der Waals surface area contributed by atoms with Crippen molar-refractivity contribution < 1.29 is 9.47 Å². The monoisotopic (exact) mass is 276 g/mol. The van der Waals surface area contributed by atoms with Crippen molar-refractivity contribution in [2.45, 2.75) is 56.0 Å². The normalized spacial score (nSPS) is 28.9. The van der Waals surface area contributed by atoms with Crippen molar-refractivity contribution in [3.63, 3.8) is 0 Å². The highest BCUT2D eigenvalue weighted by Gasteiger charge is 2.50. The van der Waals surface area contributed by atoms with Crippen LogP contribution in [0.25, 0.3) is 0 Å². The molecule has 4 nitrogen and oxygen atoms in total. The topological polar surface area (TPSA) is 62.2 Å². The summed E-state index contributed by atoms with van der Waals surface area (Å²) < 4.78 is 7.17. The Labute approximate surface area is 120 Å². The summed E-state index contributed by atoms with van der Waals surface area (Å²) in [5.74, 6) is 0. The fourth-order valence-corrected chi connectivity index (χ4v) is 4.23. The second kappa shape index (κ2) is 5.34. The van der Waals surface area contributed by atoms with Gasteiger partial charge in [0.05, 0.1) is 11.0 Å². The Morgan fingerprint density at radius 1 is 1.25 bits per heavy atom. The summed E-state index contributed by atoms with van der Waals surface area (Å²) in [6.07, 6.45) is 9.06. The van der Waals surface area contributed by atoms with Gasteiger partial charge in [-0.15, -0.1) is 0 Å². The first-order chi connectivity index (χ1) is 9.70. The van der Waals surface area contributed by atoms with Crippen LogP contribution in [-0.2, 0) is 10.2 Å². The van der Waals surface area contributed by atoms with E-state index < -0.39 is 0 Å². The minimum atomic E-state index is -0.111. The molecule has 1 aromatic heterocycles. The molecular formula is C16H24N2O2. The molecule has 1 saturated carbocycles. The molecule has 4 heteroatoms. The van der Waals surface area contributed by atoms with E-state index in [4.69, 9.17) is 10.5 Å². The smallest absolute Gasteiger partial charge is 0.199 e. The number of hydrogen-bond acceptors (Lipinski definition) is 3. The van der Waals surface area contributed by atoms with Gasteiger partial charge >= 0.3 is 0 Å². The van der Waals surface area contributed by atoms with Crippen LogP contribution in [0.2, 0.25) is 0 Å². The van der Waals surface area contributed by atoms with Crippen molar-refractivity contribution in [1.29, 1.82) is 0 Å². The molecule has 1 aromatic rings. The fraction of sp³-hybridized carbons (Fsp3) is 0.688. The second-order valence-electron chi connectivity index (χ2n) is 6.40. The van der Waals surface area contributed by atoms with E-state index in [-0.39, 0.29) is 11.0 Å². The van der Waals surface area contributed by atoms with Crippen LogP contribution in [0.1, 0.15) is 50.6 Å². The van der Waals surface area contributed by atoms with Crippen molar-refractivity contribution in [2.24, 2.45) is 5.73 Å². The van der Waals surface area contributed by atoms with E-state index in [9.17, 15) is 5.21 Å². The molecule has 2 fully saturated rings. The summed E-state index contributed by atoms with van der Waals surface area (Å²) in [6, 6.07) is 5.72. The minimum absolute atomic E-state index is 0.00371. The molecule has 20 heavy (non-hydrogen) atoms. The van der Waals surface area contributed by atoms with Crippen molar-refractivity contribution in [2.75, 3.05) is 13.2 Å². The molecule has 2 N–H and O–H groups in total. The van der Waals surface area contributed by atoms with Crippen LogP contribution in [0.5, 0.6) is 0 Å². The Balaban J connectivity index is 1.97. The number of ether oxygens (including phenoxy) is 1. The number of nitrogens with two attached hydrogens (primary N) is 1. The molecule has 1 aliphatic carbocycles. The maximum atomic E-state index is 12.2. The van der Waals surface area contributed by atoms with Crippen LogP contribution in [0.15, 0.2) is 24.4 Å². The van der Waals surface area contributed by atoms with Gasteiger partial charge in [0.25, 0.3) is 0 Å². The lowest BCUT2D eigenvalue weighted by atomic mass is 9.68. The molecule has 1 saturated heterocycles. The summed E-state index contributed by atoms with van der Waals surface area (Å²) in [6.45, 7) is 1.36. The zero-order chi connectivity index (χ0) is 14.1. The molecule has 1 spiro atoms. The summed E-state index contributed by atoms with van der Waals surface area (Å²) >= 11 is 0. The lowest BCUT2D eigenvalue weighted by Crippen LogP contribution is -2.51. The Bertz CT molecular complexity index is 467. The quantitative estimate of drug-likeness (QED) is 0.678. The van der Waals surface area contributed by atoms with Gasteiger partial charge in [0.2, 0.25) is 0 Å². The average Bonchev–Trinajstić information content (AvgIpc) is 2.87. The molecule has 0 aromatic carbocycles. The van der Waals surface area contributed by atoms with Crippen LogP contribution in [0.3, 0.4) is 0 Å². The zero-order valence-corrected chi connectivity index (χ0v) is 12.0. The SMILES string of the molecule is NCC[C@@]1(c2cccc[n+]2[O-])CCOC2(CCCC2)C1. The van der Waals surface area contributed by atoms with Crippen LogP contribution in [0, 0.1) is 5.21 Å². The lowest BCUT2D eigenvalue weighted by Gasteiger charge is -2.45. The third-order valence-corrected chi connectivity index (χ3v) is 5.15. The van der Waals surface area contributed by atoms with Gasteiger partial charge in [0.1, 0.15) is 0 Å². The van der Waals surface area contributed by atoms with Crippen LogP contribution >= 0.6 is 0 Å². The molecule has 1 atom stereocenters. The van der Waals surface area contributed by atoms with Gasteiger partial charge in [-0.3, -0.25) is 0 Å². The minimum Gasteiger partial charge on any atom is -0.618 e. The van der Waals surface area contributed by atoms with E-state index in [0.29, 0.717) is 6.54 Å². The van der Waals surface area contributed by atoms with Crippen molar-refractivity contribution in [3.8, 4) is 0 Å². The average molecular weight is 276 g/mol. The number of aromatic nitrogens is 1. The molecule has 110 valence electrons. The Hall–Kier alpha value is -1.13. The fourth-order valence-electron chi connectivity index (χ4n) is 4.23. The van der Waals surface area contributed by atoms with E-state index in [2.05, 4.69) is 0 Å². The van der Waals surface area contributed by atoms with E-state index in [1.54, 1.807) is 12.3 Å². The Kier molecular flexibility index (Phi) is 3.69. The molecule has 0 radical (unpaired) electrons. The first kappa shape index (κ1) is 13.8. The van der Waals surface area contributed by atoms with E-state index in [1.807, 2.05) is 12.1 Å². The lowest BCUT2D eigenvalue weighted by molar-refractivity contribution is -0.619. The van der Waals surface area contributed by atoms with Gasteiger partial charge in [0.15, 0.2) is 11.9 Å². The highest BCUT2D eigenvalue weighted by atomic mass is 16.5. The zero-order valence-electron chi connectivity index (χ0n) is 12.0. The maximum Gasteiger partial charge on any atom is 0.199 e. The summed E-state index contributed by atoms with van der Waals surface area (Å²) in [7, 11) is 0. The molecule has 2 aliphatic rings. The Morgan fingerprint density at radius 3 is 2.75 bits per heavy atom. The second-order valence-corrected chi connectivity index (χ2v) is 6.40. The third kappa shape index (κ3) is 2.31. The van der Waals surface area contributed by atoms with Crippen LogP contribution < -0.4 is 10.5 Å². The number of hydrogen-bond donors (Lipinski definition) is 1. The predicted octanol–water partition coefficient (Wildman–Crippen LogP) is 2.03. The van der Waals surface area contributed by atoms with Gasteiger partial charge in [-0.1, -0.05) is 12.8 Å². The number of nitrogens with zero attached hydrogens (tertiary/aromatic N) is 1. The molecular weight excluding hydrogens is 252 g/mol. The van der Waals surface area contributed by atoms with Crippen LogP contribution in [-0.4, -0.2) is 18.8 Å². The van der Waals surface area contributed by atoms with Gasteiger partial charge in [-0.25, -0.2) is 0 Å². The molecule has 0 bridgehead atoms. The molecule has 3 rings (SSSR count). The van der Waals surface area contributed by atoms with Gasteiger partial charge in [-0.2, -0.15) is 4.73 Å².